The van der Waals surface area contributed by atoms with Gasteiger partial charge in [-0.2, -0.15) is 0 Å². The molecule has 3 N–H and O–H groups in total. The third-order valence-corrected chi connectivity index (χ3v) is 1.66. The van der Waals surface area contributed by atoms with Gasteiger partial charge in [-0.3, -0.25) is 0 Å². The van der Waals surface area contributed by atoms with Gasteiger partial charge in [-0.15, -0.1) is 0 Å². The van der Waals surface area contributed by atoms with E-state index < -0.39 is 0 Å². The van der Waals surface area contributed by atoms with E-state index >= 15 is 0 Å². The van der Waals surface area contributed by atoms with Crippen LogP contribution in [0.4, 0.5) is 0 Å². The molecule has 0 fully saturated rings. The Hall–Kier alpha value is -1.51. The molecule has 0 heterocycles. The van der Waals surface area contributed by atoms with Crippen LogP contribution in [-0.4, -0.2) is 15.9 Å². The Balaban J connectivity index is 3.09. The van der Waals surface area contributed by atoms with Gasteiger partial charge in [0.25, 0.3) is 0 Å². The van der Waals surface area contributed by atoms with E-state index in [4.69, 9.17) is 10.5 Å². The number of nitrogens with one attached hydrogen (secondary N) is 1. The van der Waals surface area contributed by atoms with Crippen LogP contribution in [0.15, 0.2) is 18.2 Å². The summed E-state index contributed by atoms with van der Waals surface area (Å²) in [6.07, 6.45) is 0.568. The van der Waals surface area contributed by atoms with Crippen molar-refractivity contribution in [3.05, 3.63) is 23.8 Å². The maximum absolute atomic E-state index is 9.29. The fourth-order valence-electron chi connectivity index (χ4n) is 0.966. The molecule has 64 valence electrons. The van der Waals surface area contributed by atoms with Crippen LogP contribution >= 0.6 is 0 Å². The zero-order valence-electron chi connectivity index (χ0n) is 6.83. The van der Waals surface area contributed by atoms with E-state index in [1.165, 1.54) is 18.2 Å². The molecule has 0 unspecified atom stereocenters. The number of hydrogen-bond donors (Lipinski definition) is 3. The average Bonchev–Trinajstić information content (AvgIpc) is 2.03. The molecule has 0 saturated carbocycles. The van der Waals surface area contributed by atoms with Crippen LogP contribution in [0.3, 0.4) is 0 Å². The van der Waals surface area contributed by atoms with Crippen LogP contribution in [0.25, 0.3) is 0 Å². The molecular formula is C9H11NO2. The second-order valence-corrected chi connectivity index (χ2v) is 2.53. The topological polar surface area (TPSA) is 64.3 Å². The summed E-state index contributed by atoms with van der Waals surface area (Å²) in [6.45, 7) is 1.84. The number of phenols is 2. The SMILES string of the molecule is CCC(=N)c1ccc(O)cc1O. The molecule has 0 saturated heterocycles. The lowest BCUT2D eigenvalue weighted by molar-refractivity contribution is 0.450. The molecule has 0 aliphatic heterocycles. The molecular weight excluding hydrogens is 154 g/mol. The van der Waals surface area contributed by atoms with E-state index in [2.05, 4.69) is 0 Å². The average molecular weight is 165 g/mol. The van der Waals surface area contributed by atoms with E-state index in [0.29, 0.717) is 17.7 Å². The van der Waals surface area contributed by atoms with E-state index in [1.54, 1.807) is 0 Å². The normalized spacial score (nSPS) is 9.75. The predicted octanol–water partition coefficient (Wildman–Crippen LogP) is 1.88. The van der Waals surface area contributed by atoms with Gasteiger partial charge in [-0.25, -0.2) is 0 Å². The van der Waals surface area contributed by atoms with Gasteiger partial charge < -0.3 is 15.6 Å². The molecule has 3 nitrogen and oxygen atoms in total. The van der Waals surface area contributed by atoms with E-state index in [1.807, 2.05) is 6.92 Å². The highest BCUT2D eigenvalue weighted by atomic mass is 16.3. The third-order valence-electron chi connectivity index (χ3n) is 1.66. The van der Waals surface area contributed by atoms with Crippen LogP contribution in [0, 0.1) is 5.41 Å². The Morgan fingerprint density at radius 1 is 1.42 bits per heavy atom. The van der Waals surface area contributed by atoms with E-state index in [-0.39, 0.29) is 11.5 Å². The molecule has 0 aromatic heterocycles. The Morgan fingerprint density at radius 2 is 2.08 bits per heavy atom. The van der Waals surface area contributed by atoms with Crippen LogP contribution in [0.2, 0.25) is 0 Å². The Kier molecular flexibility index (Phi) is 2.33. The predicted molar refractivity (Wildman–Crippen MR) is 46.9 cm³/mol. The summed E-state index contributed by atoms with van der Waals surface area (Å²) in [7, 11) is 0. The van der Waals surface area contributed by atoms with Gasteiger partial charge in [0, 0.05) is 17.3 Å². The fraction of sp³-hybridized carbons (Fsp3) is 0.222. The van der Waals surface area contributed by atoms with Crippen LogP contribution in [0.5, 0.6) is 11.5 Å². The van der Waals surface area contributed by atoms with E-state index in [0.717, 1.165) is 0 Å². The number of phenolic OH excluding ortho intramolecular Hbond substituents is 2. The largest absolute Gasteiger partial charge is 0.508 e. The van der Waals surface area contributed by atoms with Crippen molar-refractivity contribution < 1.29 is 10.2 Å². The molecule has 12 heavy (non-hydrogen) atoms. The zero-order chi connectivity index (χ0) is 9.14. The second kappa shape index (κ2) is 3.26. The quantitative estimate of drug-likeness (QED) is 0.586. The first-order chi connectivity index (χ1) is 5.65. The second-order valence-electron chi connectivity index (χ2n) is 2.53. The van der Waals surface area contributed by atoms with Crippen molar-refractivity contribution in [3.63, 3.8) is 0 Å². The van der Waals surface area contributed by atoms with Crippen molar-refractivity contribution in [1.82, 2.24) is 0 Å². The fourth-order valence-corrected chi connectivity index (χ4v) is 0.966. The van der Waals surface area contributed by atoms with Crippen molar-refractivity contribution in [3.8, 4) is 11.5 Å². The highest BCUT2D eigenvalue weighted by Gasteiger charge is 2.05. The molecule has 0 amide bonds. The molecule has 0 aliphatic rings. The maximum atomic E-state index is 9.29. The minimum atomic E-state index is -0.0400. The standard InChI is InChI=1S/C9H11NO2/c1-2-8(10)7-4-3-6(11)5-9(7)12/h3-5,10-12H,2H2,1H3. The smallest absolute Gasteiger partial charge is 0.128 e. The van der Waals surface area contributed by atoms with Gasteiger partial charge in [0.15, 0.2) is 0 Å². The highest BCUT2D eigenvalue weighted by Crippen LogP contribution is 2.23. The van der Waals surface area contributed by atoms with Gasteiger partial charge in [0.1, 0.15) is 11.5 Å². The van der Waals surface area contributed by atoms with Crippen LogP contribution in [-0.2, 0) is 0 Å². The summed E-state index contributed by atoms with van der Waals surface area (Å²) in [5.41, 5.74) is 0.850. The molecule has 1 aromatic carbocycles. The lowest BCUT2D eigenvalue weighted by atomic mass is 10.1. The minimum absolute atomic E-state index is 0.0140. The number of aromatic hydroxyl groups is 2. The Labute approximate surface area is 70.8 Å². The highest BCUT2D eigenvalue weighted by molar-refractivity contribution is 6.00. The van der Waals surface area contributed by atoms with Gasteiger partial charge >= 0.3 is 0 Å². The van der Waals surface area contributed by atoms with Gasteiger partial charge in [-0.1, -0.05) is 6.92 Å². The molecule has 3 heteroatoms. The number of rotatable bonds is 2. The van der Waals surface area contributed by atoms with Crippen molar-refractivity contribution in [1.29, 1.82) is 5.41 Å². The first-order valence-corrected chi connectivity index (χ1v) is 3.75. The van der Waals surface area contributed by atoms with Gasteiger partial charge in [-0.05, 0) is 18.6 Å². The molecule has 1 rings (SSSR count). The summed E-state index contributed by atoms with van der Waals surface area (Å²) in [4.78, 5) is 0. The summed E-state index contributed by atoms with van der Waals surface area (Å²) in [6, 6.07) is 4.23. The first-order valence-electron chi connectivity index (χ1n) is 3.75. The summed E-state index contributed by atoms with van der Waals surface area (Å²) in [5, 5.41) is 25.7. The lowest BCUT2D eigenvalue weighted by Crippen LogP contribution is -1.96. The third kappa shape index (κ3) is 1.56. The maximum Gasteiger partial charge on any atom is 0.128 e. The number of hydrogen-bond acceptors (Lipinski definition) is 3. The summed E-state index contributed by atoms with van der Waals surface area (Å²) < 4.78 is 0. The summed E-state index contributed by atoms with van der Waals surface area (Å²) >= 11 is 0. The lowest BCUT2D eigenvalue weighted by Gasteiger charge is -2.03. The van der Waals surface area contributed by atoms with Crippen molar-refractivity contribution in [2.24, 2.45) is 0 Å². The van der Waals surface area contributed by atoms with E-state index in [9.17, 15) is 5.11 Å². The molecule has 0 spiro atoms. The summed E-state index contributed by atoms with van der Waals surface area (Å²) in [5.74, 6) is -0.0259. The van der Waals surface area contributed by atoms with Crippen LogP contribution in [0.1, 0.15) is 18.9 Å². The van der Waals surface area contributed by atoms with Crippen LogP contribution < -0.4 is 0 Å². The Bertz CT molecular complexity index is 307. The minimum Gasteiger partial charge on any atom is -0.508 e. The Morgan fingerprint density at radius 3 is 2.58 bits per heavy atom. The van der Waals surface area contributed by atoms with Gasteiger partial charge in [0.05, 0.1) is 0 Å². The van der Waals surface area contributed by atoms with Gasteiger partial charge in [0.2, 0.25) is 0 Å². The van der Waals surface area contributed by atoms with Crippen molar-refractivity contribution in [2.75, 3.05) is 0 Å². The molecule has 0 aliphatic carbocycles. The van der Waals surface area contributed by atoms with Crippen molar-refractivity contribution >= 4 is 5.71 Å². The molecule has 0 bridgehead atoms. The molecule has 1 aromatic rings. The molecule has 0 radical (unpaired) electrons. The zero-order valence-corrected chi connectivity index (χ0v) is 6.83. The first kappa shape index (κ1) is 8.59. The number of benzene rings is 1. The monoisotopic (exact) mass is 165 g/mol. The molecule has 0 atom stereocenters. The van der Waals surface area contributed by atoms with Crippen molar-refractivity contribution in [2.45, 2.75) is 13.3 Å².